The van der Waals surface area contributed by atoms with Crippen molar-refractivity contribution in [2.45, 2.75) is 45.1 Å². The molecule has 0 saturated carbocycles. The Kier molecular flexibility index (Phi) is 5.06. The van der Waals surface area contributed by atoms with Crippen LogP contribution in [0.3, 0.4) is 0 Å². The topological polar surface area (TPSA) is 111 Å². The zero-order chi connectivity index (χ0) is 22.5. The third-order valence-electron chi connectivity index (χ3n) is 6.19. The van der Waals surface area contributed by atoms with Gasteiger partial charge in [0, 0.05) is 23.6 Å². The molecule has 2 aromatic carbocycles. The van der Waals surface area contributed by atoms with Gasteiger partial charge in [-0.25, -0.2) is 0 Å². The molecule has 2 atom stereocenters. The van der Waals surface area contributed by atoms with Crippen LogP contribution in [0.15, 0.2) is 57.5 Å². The van der Waals surface area contributed by atoms with Crippen LogP contribution in [0.25, 0.3) is 22.1 Å². The van der Waals surface area contributed by atoms with Crippen molar-refractivity contribution < 1.29 is 24.8 Å². The van der Waals surface area contributed by atoms with Gasteiger partial charge in [0.2, 0.25) is 5.43 Å². The molecule has 6 nitrogen and oxygen atoms in total. The maximum Gasteiger partial charge on any atom is 0.204 e. The molecular weight excluding hydrogens is 396 g/mol. The molecule has 6 heteroatoms. The van der Waals surface area contributed by atoms with Crippen LogP contribution in [0.1, 0.15) is 45.1 Å². The molecule has 4 rings (SSSR count). The molecule has 0 saturated heterocycles. The van der Waals surface area contributed by atoms with Crippen LogP contribution in [0.2, 0.25) is 0 Å². The van der Waals surface area contributed by atoms with Crippen LogP contribution in [-0.4, -0.2) is 26.0 Å². The average Bonchev–Trinajstić information content (AvgIpc) is 2.67. The first-order valence-corrected chi connectivity index (χ1v) is 10.3. The lowest BCUT2D eigenvalue weighted by Gasteiger charge is -2.38. The van der Waals surface area contributed by atoms with Gasteiger partial charge in [-0.2, -0.15) is 0 Å². The van der Waals surface area contributed by atoms with Crippen molar-refractivity contribution in [3.8, 4) is 28.4 Å². The van der Waals surface area contributed by atoms with E-state index in [-0.39, 0.29) is 45.6 Å². The fraction of sp³-hybridized carbons (Fsp3) is 0.320. The summed E-state index contributed by atoms with van der Waals surface area (Å²) >= 11 is 0. The average molecular weight is 422 g/mol. The van der Waals surface area contributed by atoms with Crippen molar-refractivity contribution in [2.75, 3.05) is 0 Å². The Bertz CT molecular complexity index is 1250. The number of fused-ring (bicyclic) bond motifs is 1. The van der Waals surface area contributed by atoms with Gasteiger partial charge in [0.05, 0.1) is 11.2 Å². The van der Waals surface area contributed by atoms with Crippen molar-refractivity contribution in [1.82, 2.24) is 0 Å². The Morgan fingerprint density at radius 2 is 1.81 bits per heavy atom. The first-order chi connectivity index (χ1) is 14.6. The monoisotopic (exact) mass is 422 g/mol. The molecule has 3 aromatic rings. The van der Waals surface area contributed by atoms with Crippen molar-refractivity contribution in [1.29, 1.82) is 0 Å². The third kappa shape index (κ3) is 3.79. The summed E-state index contributed by atoms with van der Waals surface area (Å²) in [5.74, 6) is -0.793. The highest BCUT2D eigenvalue weighted by atomic mass is 16.3. The summed E-state index contributed by atoms with van der Waals surface area (Å²) in [5.41, 5.74) is 1.26. The minimum Gasteiger partial charge on any atom is -0.508 e. The summed E-state index contributed by atoms with van der Waals surface area (Å²) in [7, 11) is 0. The van der Waals surface area contributed by atoms with E-state index >= 15 is 0 Å². The summed E-state index contributed by atoms with van der Waals surface area (Å²) in [6.45, 7) is 5.58. The van der Waals surface area contributed by atoms with Gasteiger partial charge in [0.15, 0.2) is 0 Å². The fourth-order valence-corrected chi connectivity index (χ4v) is 4.57. The maximum atomic E-state index is 13.1. The molecule has 0 aliphatic heterocycles. The van der Waals surface area contributed by atoms with Gasteiger partial charge >= 0.3 is 0 Å². The van der Waals surface area contributed by atoms with Crippen LogP contribution in [0.5, 0.6) is 17.2 Å². The summed E-state index contributed by atoms with van der Waals surface area (Å²) in [4.78, 5) is 13.1. The molecule has 2 unspecified atom stereocenters. The molecular formula is C25H26O6. The first kappa shape index (κ1) is 21.0. The molecule has 0 amide bonds. The predicted molar refractivity (Wildman–Crippen MR) is 118 cm³/mol. The number of aromatic hydroxyl groups is 3. The van der Waals surface area contributed by atoms with E-state index in [0.29, 0.717) is 11.1 Å². The van der Waals surface area contributed by atoms with Crippen LogP contribution < -0.4 is 5.43 Å². The molecule has 31 heavy (non-hydrogen) atoms. The number of rotatable bonds is 3. The standard InChI is InChI=1S/C25H26O6/c1-13-4-6-19(25(2,3)30)16(8-13)17-9-14(5-7-20(17)27)18-12-31-22-11-15(26)10-21(28)23(22)24(18)29/h5,7-12,16,19,26-28,30H,4,6H2,1-3H3. The van der Waals surface area contributed by atoms with Crippen LogP contribution >= 0.6 is 0 Å². The smallest absolute Gasteiger partial charge is 0.204 e. The third-order valence-corrected chi connectivity index (χ3v) is 6.19. The van der Waals surface area contributed by atoms with E-state index in [1.807, 2.05) is 6.92 Å². The number of phenolic OH excluding ortho intramolecular Hbond substituents is 3. The van der Waals surface area contributed by atoms with Gasteiger partial charge in [0.25, 0.3) is 0 Å². The lowest BCUT2D eigenvalue weighted by Crippen LogP contribution is -2.36. The second-order valence-corrected chi connectivity index (χ2v) is 8.93. The van der Waals surface area contributed by atoms with Gasteiger partial charge in [-0.1, -0.05) is 17.7 Å². The summed E-state index contributed by atoms with van der Waals surface area (Å²) in [5, 5.41) is 41.1. The number of hydrogen-bond donors (Lipinski definition) is 4. The van der Waals surface area contributed by atoms with Crippen LogP contribution in [0.4, 0.5) is 0 Å². The maximum absolute atomic E-state index is 13.1. The van der Waals surface area contributed by atoms with E-state index in [2.05, 4.69) is 6.08 Å². The number of benzene rings is 2. The second kappa shape index (κ2) is 7.46. The normalized spacial score (nSPS) is 19.4. The van der Waals surface area contributed by atoms with Gasteiger partial charge in [-0.15, -0.1) is 0 Å². The Balaban J connectivity index is 1.88. The highest BCUT2D eigenvalue weighted by molar-refractivity contribution is 5.88. The van der Waals surface area contributed by atoms with Gasteiger partial charge < -0.3 is 24.8 Å². The van der Waals surface area contributed by atoms with Gasteiger partial charge in [-0.3, -0.25) is 4.79 Å². The van der Waals surface area contributed by atoms with Crippen LogP contribution in [-0.2, 0) is 0 Å². The van der Waals surface area contributed by atoms with Crippen LogP contribution in [0, 0.1) is 5.92 Å². The SMILES string of the molecule is CC1=CC(c2cc(-c3coc4cc(O)cc(O)c4c3=O)ccc2O)C(C(C)(C)O)CC1. The van der Waals surface area contributed by atoms with Crippen molar-refractivity contribution >= 4 is 11.0 Å². The van der Waals surface area contributed by atoms with Gasteiger partial charge in [-0.05, 0) is 57.2 Å². The van der Waals surface area contributed by atoms with E-state index in [1.165, 1.54) is 24.0 Å². The molecule has 1 aromatic heterocycles. The lowest BCUT2D eigenvalue weighted by molar-refractivity contribution is 0.00445. The van der Waals surface area contributed by atoms with E-state index in [1.54, 1.807) is 26.0 Å². The summed E-state index contributed by atoms with van der Waals surface area (Å²) in [6.07, 6.45) is 5.03. The van der Waals surface area contributed by atoms with Gasteiger partial charge in [0.1, 0.15) is 34.5 Å². The van der Waals surface area contributed by atoms with Crippen molar-refractivity contribution in [3.63, 3.8) is 0 Å². The number of hydrogen-bond acceptors (Lipinski definition) is 6. The summed E-state index contributed by atoms with van der Waals surface area (Å²) < 4.78 is 5.51. The van der Waals surface area contributed by atoms with E-state index in [9.17, 15) is 25.2 Å². The lowest BCUT2D eigenvalue weighted by atomic mass is 9.70. The summed E-state index contributed by atoms with van der Waals surface area (Å²) in [6, 6.07) is 7.25. The highest BCUT2D eigenvalue weighted by Crippen LogP contribution is 2.45. The second-order valence-electron chi connectivity index (χ2n) is 8.93. The van der Waals surface area contributed by atoms with Crippen molar-refractivity contribution in [3.05, 3.63) is 64.0 Å². The van der Waals surface area contributed by atoms with Crippen molar-refractivity contribution in [2.24, 2.45) is 5.92 Å². The molecule has 0 bridgehead atoms. The molecule has 0 radical (unpaired) electrons. The predicted octanol–water partition coefficient (Wildman–Crippen LogP) is 4.79. The highest BCUT2D eigenvalue weighted by Gasteiger charge is 2.37. The Hall–Kier alpha value is -3.25. The fourth-order valence-electron chi connectivity index (χ4n) is 4.57. The largest absolute Gasteiger partial charge is 0.508 e. The molecule has 1 heterocycles. The number of aliphatic hydroxyl groups is 1. The Morgan fingerprint density at radius 3 is 2.52 bits per heavy atom. The minimum atomic E-state index is -0.944. The van der Waals surface area contributed by atoms with E-state index in [0.717, 1.165) is 18.9 Å². The Morgan fingerprint density at radius 1 is 1.06 bits per heavy atom. The van der Waals surface area contributed by atoms with E-state index in [4.69, 9.17) is 4.42 Å². The molecule has 162 valence electrons. The van der Waals surface area contributed by atoms with E-state index < -0.39 is 11.0 Å². The zero-order valence-corrected chi connectivity index (χ0v) is 17.7. The number of phenols is 3. The zero-order valence-electron chi connectivity index (χ0n) is 17.7. The first-order valence-electron chi connectivity index (χ1n) is 10.3. The Labute approximate surface area is 179 Å². The molecule has 0 fully saturated rings. The quantitative estimate of drug-likeness (QED) is 0.452. The molecule has 1 aliphatic carbocycles. The molecule has 4 N–H and O–H groups in total. The number of allylic oxidation sites excluding steroid dienone is 2. The minimum absolute atomic E-state index is 0.0206. The molecule has 1 aliphatic rings. The molecule has 0 spiro atoms.